The molecule has 1 aromatic carbocycles. The van der Waals surface area contributed by atoms with E-state index in [2.05, 4.69) is 20.4 Å². The monoisotopic (exact) mass is 271 g/mol. The highest BCUT2D eigenvalue weighted by Crippen LogP contribution is 2.32. The quantitative estimate of drug-likeness (QED) is 0.622. The number of imide groups is 1. The minimum atomic E-state index is -0.189. The molecule has 1 fully saturated rings. The van der Waals surface area contributed by atoms with Crippen molar-refractivity contribution in [2.24, 2.45) is 11.8 Å². The molecule has 0 bridgehead atoms. The van der Waals surface area contributed by atoms with Gasteiger partial charge < -0.3 is 0 Å². The Morgan fingerprint density at radius 3 is 2.60 bits per heavy atom. The van der Waals surface area contributed by atoms with Crippen LogP contribution in [0, 0.1) is 11.8 Å². The van der Waals surface area contributed by atoms with E-state index in [4.69, 9.17) is 0 Å². The van der Waals surface area contributed by atoms with Crippen LogP contribution in [0.25, 0.3) is 0 Å². The second-order valence-electron chi connectivity index (χ2n) is 5.74. The van der Waals surface area contributed by atoms with Crippen molar-refractivity contribution in [3.8, 4) is 0 Å². The molecule has 20 heavy (non-hydrogen) atoms. The van der Waals surface area contributed by atoms with E-state index in [1.165, 1.54) is 4.90 Å². The molecule has 1 aromatic rings. The Kier molecular flexibility index (Phi) is 4.38. The fraction of sp³-hybridized carbons (Fsp3) is 0.412. The maximum atomic E-state index is 12.6. The molecule has 1 aliphatic rings. The van der Waals surface area contributed by atoms with Gasteiger partial charge in [-0.1, -0.05) is 38.1 Å². The van der Waals surface area contributed by atoms with Crippen molar-refractivity contribution in [3.63, 3.8) is 0 Å². The summed E-state index contributed by atoms with van der Waals surface area (Å²) in [5.41, 5.74) is 0.569. The third-order valence-corrected chi connectivity index (χ3v) is 3.76. The molecule has 1 heterocycles. The highest BCUT2D eigenvalue weighted by Gasteiger charge is 2.42. The Hall–Kier alpha value is -1.90. The van der Waals surface area contributed by atoms with Gasteiger partial charge in [0.2, 0.25) is 5.91 Å². The fourth-order valence-electron chi connectivity index (χ4n) is 2.80. The van der Waals surface area contributed by atoms with Crippen LogP contribution < -0.4 is 0 Å². The van der Waals surface area contributed by atoms with Gasteiger partial charge in [0.1, 0.15) is 0 Å². The van der Waals surface area contributed by atoms with Crippen LogP contribution in [0.4, 0.5) is 0 Å². The Balaban J connectivity index is 2.29. The van der Waals surface area contributed by atoms with E-state index in [0.717, 1.165) is 6.42 Å². The number of carbonyl (C=O) groups is 2. The molecule has 0 N–H and O–H groups in total. The van der Waals surface area contributed by atoms with Crippen LogP contribution in [0.3, 0.4) is 0 Å². The molecule has 0 radical (unpaired) electrons. The molecule has 3 nitrogen and oxygen atoms in total. The number of amides is 2. The van der Waals surface area contributed by atoms with Gasteiger partial charge in [0.25, 0.3) is 5.91 Å². The average molecular weight is 271 g/mol. The molecule has 1 aliphatic heterocycles. The number of rotatable bonds is 4. The number of carbonyl (C=O) groups excluding carboxylic acids is 2. The van der Waals surface area contributed by atoms with Gasteiger partial charge in [-0.25, -0.2) is 0 Å². The van der Waals surface area contributed by atoms with Crippen molar-refractivity contribution in [3.05, 3.63) is 48.6 Å². The minimum Gasteiger partial charge on any atom is -0.275 e. The number of likely N-dealkylation sites (tertiary alicyclic amines) is 1. The van der Waals surface area contributed by atoms with Gasteiger partial charge in [-0.3, -0.25) is 14.5 Å². The zero-order valence-corrected chi connectivity index (χ0v) is 12.1. The predicted molar refractivity (Wildman–Crippen MR) is 79.2 cm³/mol. The summed E-state index contributed by atoms with van der Waals surface area (Å²) >= 11 is 0. The van der Waals surface area contributed by atoms with Gasteiger partial charge >= 0.3 is 0 Å². The number of nitrogens with zero attached hydrogens (tertiary/aromatic N) is 1. The first-order chi connectivity index (χ1) is 9.54. The molecule has 1 saturated heterocycles. The van der Waals surface area contributed by atoms with Gasteiger partial charge in [0.15, 0.2) is 0 Å². The summed E-state index contributed by atoms with van der Waals surface area (Å²) in [5.74, 6) is 0.219. The Morgan fingerprint density at radius 1 is 1.40 bits per heavy atom. The van der Waals surface area contributed by atoms with E-state index in [9.17, 15) is 9.59 Å². The molecule has 0 aliphatic carbocycles. The molecular formula is C17H21NO2. The third-order valence-electron chi connectivity index (χ3n) is 3.76. The Morgan fingerprint density at radius 2 is 2.05 bits per heavy atom. The summed E-state index contributed by atoms with van der Waals surface area (Å²) in [6.45, 7) is 8.02. The van der Waals surface area contributed by atoms with Crippen LogP contribution in [0.5, 0.6) is 0 Å². The van der Waals surface area contributed by atoms with E-state index in [0.29, 0.717) is 17.9 Å². The maximum absolute atomic E-state index is 12.6. The highest BCUT2D eigenvalue weighted by molar-refractivity contribution is 6.06. The summed E-state index contributed by atoms with van der Waals surface area (Å²) in [7, 11) is 0. The van der Waals surface area contributed by atoms with E-state index >= 15 is 0 Å². The van der Waals surface area contributed by atoms with Crippen LogP contribution in [0.2, 0.25) is 0 Å². The van der Waals surface area contributed by atoms with Gasteiger partial charge in [0.05, 0.1) is 0 Å². The summed E-state index contributed by atoms with van der Waals surface area (Å²) in [6.07, 6.45) is 3.02. The van der Waals surface area contributed by atoms with Crippen LogP contribution >= 0.6 is 0 Å². The van der Waals surface area contributed by atoms with Crippen LogP contribution in [-0.2, 0) is 4.79 Å². The zero-order chi connectivity index (χ0) is 14.7. The Labute approximate surface area is 120 Å². The summed E-state index contributed by atoms with van der Waals surface area (Å²) in [5, 5.41) is 0. The first-order valence-electron chi connectivity index (χ1n) is 7.08. The van der Waals surface area contributed by atoms with Gasteiger partial charge in [-0.2, -0.15) is 0 Å². The van der Waals surface area contributed by atoms with Crippen molar-refractivity contribution in [2.45, 2.75) is 32.7 Å². The van der Waals surface area contributed by atoms with Crippen molar-refractivity contribution >= 4 is 11.8 Å². The van der Waals surface area contributed by atoms with Crippen molar-refractivity contribution in [1.82, 2.24) is 4.90 Å². The van der Waals surface area contributed by atoms with Gasteiger partial charge in [0, 0.05) is 23.9 Å². The molecule has 0 spiro atoms. The zero-order valence-electron chi connectivity index (χ0n) is 12.1. The van der Waals surface area contributed by atoms with Crippen LogP contribution in [0.15, 0.2) is 43.0 Å². The topological polar surface area (TPSA) is 37.4 Å². The summed E-state index contributed by atoms with van der Waals surface area (Å²) < 4.78 is 0. The van der Waals surface area contributed by atoms with E-state index in [1.807, 2.05) is 24.3 Å². The van der Waals surface area contributed by atoms with Crippen molar-refractivity contribution in [2.75, 3.05) is 0 Å². The number of hydrogen-bond acceptors (Lipinski definition) is 2. The molecule has 0 saturated carbocycles. The highest BCUT2D eigenvalue weighted by atomic mass is 16.2. The van der Waals surface area contributed by atoms with E-state index < -0.39 is 0 Å². The van der Waals surface area contributed by atoms with Crippen molar-refractivity contribution in [1.29, 1.82) is 0 Å². The van der Waals surface area contributed by atoms with Crippen LogP contribution in [-0.4, -0.2) is 22.8 Å². The predicted octanol–water partition coefficient (Wildman–Crippen LogP) is 3.28. The standard InChI is InChI=1S/C17H21NO2/c1-4-13-11-16(19)18(15(13)10-12(2)3)17(20)14-8-6-5-7-9-14/h4-9,12-13,15H,1,10-11H2,2-3H3/t13-,15+/m1/s1. The fourth-order valence-corrected chi connectivity index (χ4v) is 2.80. The lowest BCUT2D eigenvalue weighted by Gasteiger charge is -2.27. The molecule has 0 aromatic heterocycles. The Bertz CT molecular complexity index is 507. The molecule has 106 valence electrons. The first-order valence-corrected chi connectivity index (χ1v) is 7.08. The lowest BCUT2D eigenvalue weighted by molar-refractivity contribution is -0.126. The van der Waals surface area contributed by atoms with E-state index in [1.54, 1.807) is 12.1 Å². The summed E-state index contributed by atoms with van der Waals surface area (Å²) in [4.78, 5) is 26.2. The van der Waals surface area contributed by atoms with Crippen LogP contribution in [0.1, 0.15) is 37.0 Å². The lowest BCUT2D eigenvalue weighted by Crippen LogP contribution is -2.40. The average Bonchev–Trinajstić information content (AvgIpc) is 2.74. The molecular weight excluding hydrogens is 250 g/mol. The maximum Gasteiger partial charge on any atom is 0.260 e. The van der Waals surface area contributed by atoms with Crippen molar-refractivity contribution < 1.29 is 9.59 Å². The number of benzene rings is 1. The molecule has 2 rings (SSSR count). The third kappa shape index (κ3) is 2.82. The normalized spacial score (nSPS) is 22.4. The molecule has 3 heteroatoms. The SMILES string of the molecule is C=C[C@@H]1CC(=O)N(C(=O)c2ccccc2)[C@H]1CC(C)C. The van der Waals surface area contributed by atoms with Gasteiger partial charge in [-0.15, -0.1) is 6.58 Å². The molecule has 0 unspecified atom stereocenters. The van der Waals surface area contributed by atoms with E-state index in [-0.39, 0.29) is 23.8 Å². The van der Waals surface area contributed by atoms with Gasteiger partial charge in [-0.05, 0) is 24.5 Å². The lowest BCUT2D eigenvalue weighted by atomic mass is 9.92. The second-order valence-corrected chi connectivity index (χ2v) is 5.74. The number of hydrogen-bond donors (Lipinski definition) is 0. The molecule has 2 amide bonds. The first kappa shape index (κ1) is 14.5. The largest absolute Gasteiger partial charge is 0.275 e. The second kappa shape index (κ2) is 6.04. The summed E-state index contributed by atoms with van der Waals surface area (Å²) in [6, 6.07) is 8.94. The minimum absolute atomic E-state index is 0.0623. The molecule has 2 atom stereocenters. The smallest absolute Gasteiger partial charge is 0.260 e.